The minimum Gasteiger partial charge on any atom is -0.469 e. The van der Waals surface area contributed by atoms with Gasteiger partial charge in [-0.2, -0.15) is 0 Å². The van der Waals surface area contributed by atoms with Crippen molar-refractivity contribution >= 4 is 41.3 Å². The van der Waals surface area contributed by atoms with Gasteiger partial charge in [0, 0.05) is 24.7 Å². The zero-order valence-corrected chi connectivity index (χ0v) is 18.2. The van der Waals surface area contributed by atoms with Gasteiger partial charge in [0.15, 0.2) is 0 Å². The first-order valence-electron chi connectivity index (χ1n) is 9.27. The lowest BCUT2D eigenvalue weighted by molar-refractivity contribution is -0.140. The van der Waals surface area contributed by atoms with Gasteiger partial charge >= 0.3 is 5.97 Å². The van der Waals surface area contributed by atoms with Crippen molar-refractivity contribution in [3.8, 4) is 0 Å². The molecule has 2 aliphatic rings. The highest BCUT2D eigenvalue weighted by Gasteiger charge is 2.34. The van der Waals surface area contributed by atoms with Gasteiger partial charge in [0.25, 0.3) is 0 Å². The Morgan fingerprint density at radius 3 is 2.87 bits per heavy atom. The van der Waals surface area contributed by atoms with Crippen LogP contribution in [-0.4, -0.2) is 36.6 Å². The topological polar surface area (TPSA) is 45.7 Å². The summed E-state index contributed by atoms with van der Waals surface area (Å²) in [6, 6.07) is 10.5. The molecule has 0 amide bonds. The Morgan fingerprint density at radius 2 is 2.13 bits per heavy atom. The lowest BCUT2D eigenvalue weighted by Gasteiger charge is -2.20. The van der Waals surface area contributed by atoms with Gasteiger partial charge < -0.3 is 14.5 Å². The summed E-state index contributed by atoms with van der Waals surface area (Å²) in [6.45, 7) is 4.74. The SMILES string of the molecule is C=C1/C(=C2\Sc3cc(F)ccc3N2C)S/C(=C\c2ccccn2)N1CCC(=O)OC. The molecule has 2 aromatic rings. The summed E-state index contributed by atoms with van der Waals surface area (Å²) < 4.78 is 18.5. The van der Waals surface area contributed by atoms with Crippen LogP contribution in [0.3, 0.4) is 0 Å². The van der Waals surface area contributed by atoms with E-state index in [4.69, 9.17) is 4.74 Å². The van der Waals surface area contributed by atoms with Crippen molar-refractivity contribution < 1.29 is 13.9 Å². The first-order valence-corrected chi connectivity index (χ1v) is 10.9. The van der Waals surface area contributed by atoms with E-state index < -0.39 is 0 Å². The van der Waals surface area contributed by atoms with E-state index in [1.54, 1.807) is 30.1 Å². The number of hydrogen-bond donors (Lipinski definition) is 0. The predicted molar refractivity (Wildman–Crippen MR) is 120 cm³/mol. The number of nitrogens with zero attached hydrogens (tertiary/aromatic N) is 3. The largest absolute Gasteiger partial charge is 0.469 e. The third kappa shape index (κ3) is 3.97. The van der Waals surface area contributed by atoms with Crippen LogP contribution >= 0.6 is 23.5 Å². The molecule has 0 atom stereocenters. The van der Waals surface area contributed by atoms with E-state index >= 15 is 0 Å². The average molecular weight is 442 g/mol. The Morgan fingerprint density at radius 1 is 1.30 bits per heavy atom. The van der Waals surface area contributed by atoms with E-state index in [9.17, 15) is 9.18 Å². The summed E-state index contributed by atoms with van der Waals surface area (Å²) in [5.41, 5.74) is 2.58. The van der Waals surface area contributed by atoms with Crippen LogP contribution in [0.5, 0.6) is 0 Å². The highest BCUT2D eigenvalue weighted by Crippen LogP contribution is 2.54. The number of ether oxygens (including phenoxy) is 1. The van der Waals surface area contributed by atoms with E-state index in [-0.39, 0.29) is 18.2 Å². The number of rotatable bonds is 4. The molecular formula is C22H20FN3O2S2. The summed E-state index contributed by atoms with van der Waals surface area (Å²) in [5, 5.41) is 1.92. The summed E-state index contributed by atoms with van der Waals surface area (Å²) in [4.78, 5) is 22.0. The van der Waals surface area contributed by atoms with Gasteiger partial charge in [0.2, 0.25) is 0 Å². The van der Waals surface area contributed by atoms with E-state index in [1.165, 1.54) is 24.9 Å². The first kappa shape index (κ1) is 20.6. The van der Waals surface area contributed by atoms with Crippen LogP contribution in [0, 0.1) is 5.82 Å². The number of esters is 1. The number of benzene rings is 1. The van der Waals surface area contributed by atoms with Gasteiger partial charge in [-0.05, 0) is 36.4 Å². The number of carbonyl (C=O) groups is 1. The van der Waals surface area contributed by atoms with Gasteiger partial charge in [-0.1, -0.05) is 36.2 Å². The molecule has 0 N–H and O–H groups in total. The average Bonchev–Trinajstić information content (AvgIpc) is 3.22. The Hall–Kier alpha value is -2.71. The molecule has 30 heavy (non-hydrogen) atoms. The Balaban J connectivity index is 1.70. The number of pyridine rings is 1. The van der Waals surface area contributed by atoms with Gasteiger partial charge in [-0.15, -0.1) is 0 Å². The zero-order chi connectivity index (χ0) is 21.3. The molecule has 0 unspecified atom stereocenters. The van der Waals surface area contributed by atoms with Crippen LogP contribution in [0.15, 0.2) is 74.7 Å². The smallest absolute Gasteiger partial charge is 0.307 e. The van der Waals surface area contributed by atoms with Crippen molar-refractivity contribution in [3.63, 3.8) is 0 Å². The number of hydrogen-bond acceptors (Lipinski definition) is 7. The van der Waals surface area contributed by atoms with Crippen LogP contribution in [-0.2, 0) is 9.53 Å². The molecule has 5 nitrogen and oxygen atoms in total. The van der Waals surface area contributed by atoms with Crippen LogP contribution < -0.4 is 4.90 Å². The fraction of sp³-hybridized carbons (Fsp3) is 0.182. The number of fused-ring (bicyclic) bond motifs is 1. The Kier molecular flexibility index (Phi) is 5.87. The minimum atomic E-state index is -0.277. The standard InChI is InChI=1S/C22H20FN3O2S2/c1-14-21(22-25(2)17-8-7-15(23)12-18(17)29-22)30-19(13-16-6-4-5-10-24-16)26(14)11-9-20(27)28-3/h4-8,10,12-13H,1,9,11H2,2-3H3/b19-13-,22-21+. The molecule has 8 heteroatoms. The third-order valence-corrected chi connectivity index (χ3v) is 7.30. The van der Waals surface area contributed by atoms with Crippen molar-refractivity contribution in [2.45, 2.75) is 11.3 Å². The van der Waals surface area contributed by atoms with E-state index in [0.717, 1.165) is 36.9 Å². The third-order valence-electron chi connectivity index (χ3n) is 4.78. The maximum atomic E-state index is 13.7. The van der Waals surface area contributed by atoms with Crippen molar-refractivity contribution in [2.24, 2.45) is 0 Å². The molecule has 1 aromatic heterocycles. The second-order valence-corrected chi connectivity index (χ2v) is 8.73. The highest BCUT2D eigenvalue weighted by molar-refractivity contribution is 8.09. The lowest BCUT2D eigenvalue weighted by Crippen LogP contribution is -2.21. The molecule has 1 saturated heterocycles. The van der Waals surface area contributed by atoms with Crippen molar-refractivity contribution in [3.05, 3.63) is 81.3 Å². The molecule has 1 fully saturated rings. The normalized spacial score (nSPS) is 19.6. The summed E-state index contributed by atoms with van der Waals surface area (Å²) in [5.74, 6) is -0.532. The molecule has 1 aromatic carbocycles. The second kappa shape index (κ2) is 8.57. The minimum absolute atomic E-state index is 0.243. The zero-order valence-electron chi connectivity index (χ0n) is 16.6. The Bertz CT molecular complexity index is 1070. The second-order valence-electron chi connectivity index (χ2n) is 6.67. The number of carbonyl (C=O) groups excluding carboxylic acids is 1. The number of halogens is 1. The lowest BCUT2D eigenvalue weighted by atomic mass is 10.3. The van der Waals surface area contributed by atoms with Gasteiger partial charge in [-0.25, -0.2) is 4.39 Å². The van der Waals surface area contributed by atoms with Crippen molar-refractivity contribution in [1.82, 2.24) is 9.88 Å². The van der Waals surface area contributed by atoms with E-state index in [2.05, 4.69) is 16.5 Å². The summed E-state index contributed by atoms with van der Waals surface area (Å²) in [6.07, 6.45) is 3.96. The monoisotopic (exact) mass is 441 g/mol. The van der Waals surface area contributed by atoms with Crippen LogP contribution in [0.4, 0.5) is 10.1 Å². The molecule has 0 bridgehead atoms. The molecule has 4 rings (SSSR count). The van der Waals surface area contributed by atoms with Crippen LogP contribution in [0.2, 0.25) is 0 Å². The fourth-order valence-electron chi connectivity index (χ4n) is 3.21. The molecular weight excluding hydrogens is 421 g/mol. The molecule has 154 valence electrons. The molecule has 0 radical (unpaired) electrons. The van der Waals surface area contributed by atoms with Gasteiger partial charge in [0.1, 0.15) is 5.82 Å². The maximum absolute atomic E-state index is 13.7. The molecule has 0 saturated carbocycles. The summed E-state index contributed by atoms with van der Waals surface area (Å²) >= 11 is 3.10. The Labute approximate surface area is 183 Å². The molecule has 0 aliphatic carbocycles. The van der Waals surface area contributed by atoms with Crippen molar-refractivity contribution in [2.75, 3.05) is 25.6 Å². The first-order chi connectivity index (χ1) is 14.5. The van der Waals surface area contributed by atoms with Gasteiger partial charge in [0.05, 0.1) is 45.6 Å². The van der Waals surface area contributed by atoms with Crippen LogP contribution in [0.25, 0.3) is 6.08 Å². The molecule has 3 heterocycles. The van der Waals surface area contributed by atoms with Crippen LogP contribution in [0.1, 0.15) is 12.1 Å². The molecule has 0 spiro atoms. The summed E-state index contributed by atoms with van der Waals surface area (Å²) in [7, 11) is 3.35. The highest BCUT2D eigenvalue weighted by atomic mass is 32.2. The quantitative estimate of drug-likeness (QED) is 0.615. The predicted octanol–water partition coefficient (Wildman–Crippen LogP) is 5.06. The van der Waals surface area contributed by atoms with Crippen molar-refractivity contribution in [1.29, 1.82) is 0 Å². The maximum Gasteiger partial charge on any atom is 0.307 e. The fourth-order valence-corrected chi connectivity index (χ4v) is 5.75. The van der Waals surface area contributed by atoms with E-state index in [0.29, 0.717) is 6.54 Å². The molecule has 2 aliphatic heterocycles. The van der Waals surface area contributed by atoms with E-state index in [1.807, 2.05) is 36.2 Å². The number of aromatic nitrogens is 1. The number of anilines is 1. The van der Waals surface area contributed by atoms with Gasteiger partial charge in [-0.3, -0.25) is 9.78 Å². The number of methoxy groups -OCH3 is 1. The number of thioether (sulfide) groups is 2.